The Kier molecular flexibility index (Phi) is 14.7. The zero-order valence-corrected chi connectivity index (χ0v) is 13.7. The van der Waals surface area contributed by atoms with Crippen molar-refractivity contribution < 1.29 is 33.6 Å². The first kappa shape index (κ1) is 22.1. The van der Waals surface area contributed by atoms with E-state index in [4.69, 9.17) is 29.6 Å². The summed E-state index contributed by atoms with van der Waals surface area (Å²) in [6, 6.07) is -1.07. The van der Waals surface area contributed by atoms with E-state index in [1.54, 1.807) is 0 Å². The van der Waals surface area contributed by atoms with Gasteiger partial charge in [0.2, 0.25) is 5.91 Å². The molecule has 2 N–H and O–H groups in total. The van der Waals surface area contributed by atoms with E-state index in [-0.39, 0.29) is 26.2 Å². The SMILES string of the molecule is COC[C@H](NC(=O)CCOCCOCCOCCN=[N+]=[N-])C(=O)O. The van der Waals surface area contributed by atoms with Crippen LogP contribution in [0.3, 0.4) is 0 Å². The average Bonchev–Trinajstić information content (AvgIpc) is 2.55. The molecule has 0 aliphatic rings. The quantitative estimate of drug-likeness (QED) is 0.172. The number of methoxy groups -OCH3 is 1. The van der Waals surface area contributed by atoms with Crippen LogP contribution in [-0.2, 0) is 28.5 Å². The third kappa shape index (κ3) is 13.7. The number of ether oxygens (including phenoxy) is 4. The number of amides is 1. The lowest BCUT2D eigenvalue weighted by Gasteiger charge is -2.13. The maximum absolute atomic E-state index is 11.5. The van der Waals surface area contributed by atoms with Gasteiger partial charge in [0.05, 0.1) is 46.2 Å². The van der Waals surface area contributed by atoms with Crippen LogP contribution in [-0.4, -0.2) is 82.9 Å². The predicted octanol–water partition coefficient (Wildman–Crippen LogP) is -0.0476. The molecule has 138 valence electrons. The number of azide groups is 1. The smallest absolute Gasteiger partial charge is 0.328 e. The van der Waals surface area contributed by atoms with Gasteiger partial charge in [-0.05, 0) is 5.53 Å². The van der Waals surface area contributed by atoms with Crippen molar-refractivity contribution in [2.24, 2.45) is 5.11 Å². The summed E-state index contributed by atoms with van der Waals surface area (Å²) in [6.45, 7) is 2.14. The van der Waals surface area contributed by atoms with Crippen molar-refractivity contribution in [1.82, 2.24) is 5.32 Å². The van der Waals surface area contributed by atoms with Crippen molar-refractivity contribution in [2.45, 2.75) is 12.5 Å². The maximum atomic E-state index is 11.5. The first-order valence-corrected chi connectivity index (χ1v) is 7.37. The van der Waals surface area contributed by atoms with E-state index in [1.165, 1.54) is 7.11 Å². The molecule has 0 saturated carbocycles. The number of hydrogen-bond donors (Lipinski definition) is 2. The lowest BCUT2D eigenvalue weighted by atomic mass is 10.3. The number of hydrogen-bond acceptors (Lipinski definition) is 7. The Morgan fingerprint density at radius 1 is 1.12 bits per heavy atom. The summed E-state index contributed by atoms with van der Waals surface area (Å²) in [7, 11) is 1.36. The number of carbonyl (C=O) groups excluding carboxylic acids is 1. The highest BCUT2D eigenvalue weighted by Crippen LogP contribution is 1.90. The fourth-order valence-electron chi connectivity index (χ4n) is 1.46. The number of carboxylic acids is 1. The van der Waals surface area contributed by atoms with Gasteiger partial charge in [0, 0.05) is 25.0 Å². The Bertz CT molecular complexity index is 402. The second-order valence-corrected chi connectivity index (χ2v) is 4.46. The summed E-state index contributed by atoms with van der Waals surface area (Å²) < 4.78 is 20.3. The highest BCUT2D eigenvalue weighted by atomic mass is 16.5. The van der Waals surface area contributed by atoms with Crippen molar-refractivity contribution >= 4 is 11.9 Å². The molecule has 0 fully saturated rings. The summed E-state index contributed by atoms with van der Waals surface area (Å²) in [5.41, 5.74) is 8.04. The molecular weight excluding hydrogens is 324 g/mol. The summed E-state index contributed by atoms with van der Waals surface area (Å²) in [5.74, 6) is -1.57. The van der Waals surface area contributed by atoms with Gasteiger partial charge in [0.25, 0.3) is 0 Å². The summed E-state index contributed by atoms with van der Waals surface area (Å²) in [6.07, 6.45) is 0.0516. The molecule has 24 heavy (non-hydrogen) atoms. The predicted molar refractivity (Wildman–Crippen MR) is 82.5 cm³/mol. The molecule has 0 aliphatic carbocycles. The number of carbonyl (C=O) groups is 2. The van der Waals surface area contributed by atoms with Gasteiger partial charge in [0.15, 0.2) is 6.04 Å². The van der Waals surface area contributed by atoms with Gasteiger partial charge in [-0.3, -0.25) is 4.79 Å². The minimum atomic E-state index is -1.15. The van der Waals surface area contributed by atoms with E-state index in [2.05, 4.69) is 15.3 Å². The number of aliphatic carboxylic acids is 1. The van der Waals surface area contributed by atoms with Gasteiger partial charge in [-0.2, -0.15) is 0 Å². The lowest BCUT2D eigenvalue weighted by Crippen LogP contribution is -2.44. The van der Waals surface area contributed by atoms with Crippen molar-refractivity contribution in [3.05, 3.63) is 10.4 Å². The molecule has 0 radical (unpaired) electrons. The Hall–Kier alpha value is -1.91. The molecule has 1 amide bonds. The van der Waals surface area contributed by atoms with E-state index in [0.717, 1.165) is 0 Å². The highest BCUT2D eigenvalue weighted by Gasteiger charge is 2.19. The number of rotatable bonds is 16. The van der Waals surface area contributed by atoms with Crippen LogP contribution in [0.5, 0.6) is 0 Å². The van der Waals surface area contributed by atoms with Crippen LogP contribution >= 0.6 is 0 Å². The third-order valence-electron chi connectivity index (χ3n) is 2.58. The third-order valence-corrected chi connectivity index (χ3v) is 2.58. The largest absolute Gasteiger partial charge is 0.480 e. The topological polar surface area (TPSA) is 152 Å². The molecule has 0 aromatic rings. The molecular formula is C13H24N4O7. The Morgan fingerprint density at radius 3 is 2.25 bits per heavy atom. The zero-order valence-electron chi connectivity index (χ0n) is 13.7. The van der Waals surface area contributed by atoms with E-state index in [0.29, 0.717) is 33.0 Å². The second kappa shape index (κ2) is 16.0. The molecule has 0 aromatic heterocycles. The minimum Gasteiger partial charge on any atom is -0.480 e. The van der Waals surface area contributed by atoms with Crippen LogP contribution in [0.4, 0.5) is 0 Å². The Labute approximate surface area is 139 Å². The fraction of sp³-hybridized carbons (Fsp3) is 0.846. The van der Waals surface area contributed by atoms with Gasteiger partial charge < -0.3 is 29.4 Å². The summed E-state index contributed by atoms with van der Waals surface area (Å²) in [4.78, 5) is 24.9. The fourth-order valence-corrected chi connectivity index (χ4v) is 1.46. The van der Waals surface area contributed by atoms with E-state index in [1.807, 2.05) is 0 Å². The molecule has 0 heterocycles. The lowest BCUT2D eigenvalue weighted by molar-refractivity contribution is -0.143. The molecule has 0 unspecified atom stereocenters. The standard InChI is InChI=1S/C13H24N4O7/c1-21-10-11(13(19)20)16-12(18)2-4-22-6-8-24-9-7-23-5-3-15-17-14/h11H,2-10H2,1H3,(H,16,18)(H,19,20)/t11-/m0/s1. The molecule has 11 heteroatoms. The molecule has 0 rings (SSSR count). The summed E-state index contributed by atoms with van der Waals surface area (Å²) in [5, 5.41) is 14.5. The van der Waals surface area contributed by atoms with Crippen LogP contribution in [0.25, 0.3) is 10.4 Å². The van der Waals surface area contributed by atoms with Crippen molar-refractivity contribution in [3.8, 4) is 0 Å². The molecule has 1 atom stereocenters. The normalized spacial score (nSPS) is 11.5. The highest BCUT2D eigenvalue weighted by molar-refractivity contribution is 5.83. The summed E-state index contributed by atoms with van der Waals surface area (Å²) >= 11 is 0. The van der Waals surface area contributed by atoms with Crippen LogP contribution in [0, 0.1) is 0 Å². The molecule has 11 nitrogen and oxygen atoms in total. The number of nitrogens with one attached hydrogen (secondary N) is 1. The van der Waals surface area contributed by atoms with Gasteiger partial charge in [-0.15, -0.1) is 0 Å². The van der Waals surface area contributed by atoms with Gasteiger partial charge in [-0.25, -0.2) is 4.79 Å². The Balaban J connectivity index is 3.44. The maximum Gasteiger partial charge on any atom is 0.328 e. The van der Waals surface area contributed by atoms with Gasteiger partial charge in [0.1, 0.15) is 0 Å². The van der Waals surface area contributed by atoms with Gasteiger partial charge in [-0.1, -0.05) is 5.11 Å². The second-order valence-electron chi connectivity index (χ2n) is 4.46. The molecule has 0 aromatic carbocycles. The van der Waals surface area contributed by atoms with E-state index >= 15 is 0 Å². The number of nitrogens with zero attached hydrogens (tertiary/aromatic N) is 3. The van der Waals surface area contributed by atoms with Gasteiger partial charge >= 0.3 is 5.97 Å². The molecule has 0 aliphatic heterocycles. The van der Waals surface area contributed by atoms with Crippen molar-refractivity contribution in [1.29, 1.82) is 0 Å². The minimum absolute atomic E-state index is 0.0516. The van der Waals surface area contributed by atoms with Crippen LogP contribution in [0.2, 0.25) is 0 Å². The first-order chi connectivity index (χ1) is 11.6. The zero-order chi connectivity index (χ0) is 18.0. The van der Waals surface area contributed by atoms with Crippen molar-refractivity contribution in [3.63, 3.8) is 0 Å². The molecule has 0 saturated heterocycles. The van der Waals surface area contributed by atoms with Crippen LogP contribution < -0.4 is 5.32 Å². The number of carboxylic acid groups (broad SMARTS) is 1. The Morgan fingerprint density at radius 2 is 1.71 bits per heavy atom. The average molecular weight is 348 g/mol. The van der Waals surface area contributed by atoms with Crippen LogP contribution in [0.1, 0.15) is 6.42 Å². The molecule has 0 spiro atoms. The van der Waals surface area contributed by atoms with Crippen molar-refractivity contribution in [2.75, 3.05) is 59.9 Å². The van der Waals surface area contributed by atoms with Crippen LogP contribution in [0.15, 0.2) is 5.11 Å². The van der Waals surface area contributed by atoms with E-state index in [9.17, 15) is 9.59 Å². The monoisotopic (exact) mass is 348 g/mol. The first-order valence-electron chi connectivity index (χ1n) is 7.37. The molecule has 0 bridgehead atoms. The van der Waals surface area contributed by atoms with E-state index < -0.39 is 17.9 Å².